The number of nitrogen functional groups attached to an aromatic ring is 1. The minimum Gasteiger partial charge on any atom is -0.497 e. The highest BCUT2D eigenvalue weighted by Crippen LogP contribution is 2.35. The maximum Gasteiger partial charge on any atom is 0.145 e. The number of nitrogens with two attached hydrogens (primary N) is 1. The second-order valence-electron chi connectivity index (χ2n) is 4.19. The van der Waals surface area contributed by atoms with Gasteiger partial charge in [0.1, 0.15) is 17.3 Å². The zero-order valence-corrected chi connectivity index (χ0v) is 13.1. The van der Waals surface area contributed by atoms with E-state index >= 15 is 0 Å². The van der Waals surface area contributed by atoms with Gasteiger partial charge in [0, 0.05) is 6.07 Å². The number of benzene rings is 1. The molecule has 0 fully saturated rings. The summed E-state index contributed by atoms with van der Waals surface area (Å²) in [6.07, 6.45) is 1.62. The Balaban J connectivity index is 2.41. The quantitative estimate of drug-likeness (QED) is 0.893. The van der Waals surface area contributed by atoms with Gasteiger partial charge < -0.3 is 20.5 Å². The molecule has 106 valence electrons. The third-order valence-electron chi connectivity index (χ3n) is 2.96. The number of methoxy groups -OCH3 is 2. The number of ether oxygens (including phenoxy) is 2. The number of hydrogen-bond acceptors (Lipinski definition) is 5. The van der Waals surface area contributed by atoms with Gasteiger partial charge in [0.2, 0.25) is 0 Å². The van der Waals surface area contributed by atoms with Crippen LogP contribution in [0.2, 0.25) is 0 Å². The van der Waals surface area contributed by atoms with Crippen LogP contribution < -0.4 is 20.5 Å². The van der Waals surface area contributed by atoms with E-state index in [1.807, 2.05) is 25.1 Å². The summed E-state index contributed by atoms with van der Waals surface area (Å²) in [5.41, 5.74) is 8.16. The summed E-state index contributed by atoms with van der Waals surface area (Å²) in [7, 11) is 3.23. The van der Waals surface area contributed by atoms with Crippen molar-refractivity contribution in [2.75, 3.05) is 25.3 Å². The van der Waals surface area contributed by atoms with Crippen LogP contribution in [-0.2, 0) is 0 Å². The lowest BCUT2D eigenvalue weighted by molar-refractivity contribution is 0.405. The summed E-state index contributed by atoms with van der Waals surface area (Å²) in [5.74, 6) is 2.11. The Hall–Kier alpha value is -1.95. The van der Waals surface area contributed by atoms with Crippen LogP contribution in [0.3, 0.4) is 0 Å². The fourth-order valence-electron chi connectivity index (χ4n) is 1.72. The molecule has 1 aromatic heterocycles. The van der Waals surface area contributed by atoms with Crippen molar-refractivity contribution in [3.8, 4) is 11.5 Å². The Labute approximate surface area is 126 Å². The summed E-state index contributed by atoms with van der Waals surface area (Å²) in [4.78, 5) is 4.29. The molecule has 1 aromatic carbocycles. The Kier molecular flexibility index (Phi) is 4.34. The van der Waals surface area contributed by atoms with Crippen LogP contribution in [0.25, 0.3) is 0 Å². The fraction of sp³-hybridized carbons (Fsp3) is 0.214. The Morgan fingerprint density at radius 2 is 2.00 bits per heavy atom. The number of nitrogens with zero attached hydrogens (tertiary/aromatic N) is 1. The lowest BCUT2D eigenvalue weighted by Gasteiger charge is -2.14. The smallest absolute Gasteiger partial charge is 0.145 e. The van der Waals surface area contributed by atoms with Crippen LogP contribution in [0.4, 0.5) is 17.2 Å². The molecule has 6 heteroatoms. The van der Waals surface area contributed by atoms with Gasteiger partial charge in [0.15, 0.2) is 0 Å². The van der Waals surface area contributed by atoms with Gasteiger partial charge in [0.25, 0.3) is 0 Å². The zero-order chi connectivity index (χ0) is 14.7. The number of hydrogen-bond donors (Lipinski definition) is 2. The first-order chi connectivity index (χ1) is 9.56. The van der Waals surface area contributed by atoms with Crippen LogP contribution in [0.1, 0.15) is 5.56 Å². The van der Waals surface area contributed by atoms with Gasteiger partial charge in [-0.05, 0) is 40.5 Å². The van der Waals surface area contributed by atoms with E-state index in [9.17, 15) is 0 Å². The molecule has 0 aliphatic carbocycles. The molecule has 2 rings (SSSR count). The number of aromatic nitrogens is 1. The Morgan fingerprint density at radius 3 is 2.65 bits per heavy atom. The van der Waals surface area contributed by atoms with E-state index in [0.29, 0.717) is 17.3 Å². The van der Waals surface area contributed by atoms with E-state index in [2.05, 4.69) is 26.2 Å². The fourth-order valence-corrected chi connectivity index (χ4v) is 2.15. The van der Waals surface area contributed by atoms with Gasteiger partial charge in [-0.3, -0.25) is 0 Å². The van der Waals surface area contributed by atoms with Gasteiger partial charge >= 0.3 is 0 Å². The second kappa shape index (κ2) is 6.00. The van der Waals surface area contributed by atoms with Crippen LogP contribution in [-0.4, -0.2) is 19.2 Å². The molecule has 0 unspecified atom stereocenters. The molecule has 0 aliphatic heterocycles. The molecule has 0 spiro atoms. The minimum atomic E-state index is 0.639. The van der Waals surface area contributed by atoms with Crippen molar-refractivity contribution in [1.29, 1.82) is 0 Å². The Morgan fingerprint density at radius 1 is 1.25 bits per heavy atom. The monoisotopic (exact) mass is 337 g/mol. The van der Waals surface area contributed by atoms with Gasteiger partial charge in [0.05, 0.1) is 36.3 Å². The first-order valence-corrected chi connectivity index (χ1v) is 6.75. The van der Waals surface area contributed by atoms with Crippen LogP contribution in [0, 0.1) is 6.92 Å². The van der Waals surface area contributed by atoms with E-state index in [-0.39, 0.29) is 0 Å². The first kappa shape index (κ1) is 14.5. The number of rotatable bonds is 4. The number of pyridine rings is 1. The van der Waals surface area contributed by atoms with Gasteiger partial charge in [-0.25, -0.2) is 4.98 Å². The highest BCUT2D eigenvalue weighted by molar-refractivity contribution is 9.10. The second-order valence-corrected chi connectivity index (χ2v) is 4.99. The average Bonchev–Trinajstić information content (AvgIpc) is 2.47. The molecular weight excluding hydrogens is 322 g/mol. The predicted octanol–water partition coefficient (Wildman–Crippen LogP) is 3.50. The molecule has 0 radical (unpaired) electrons. The van der Waals surface area contributed by atoms with Crippen LogP contribution in [0.5, 0.6) is 11.5 Å². The van der Waals surface area contributed by atoms with Crippen molar-refractivity contribution in [3.63, 3.8) is 0 Å². The van der Waals surface area contributed by atoms with Gasteiger partial charge in [-0.1, -0.05) is 0 Å². The van der Waals surface area contributed by atoms with Crippen LogP contribution in [0.15, 0.2) is 28.9 Å². The summed E-state index contributed by atoms with van der Waals surface area (Å²) in [6.45, 7) is 1.93. The number of nitrogens with one attached hydrogen (secondary N) is 1. The van der Waals surface area contributed by atoms with Crippen molar-refractivity contribution in [2.24, 2.45) is 0 Å². The van der Waals surface area contributed by atoms with Crippen LogP contribution >= 0.6 is 15.9 Å². The average molecular weight is 338 g/mol. The van der Waals surface area contributed by atoms with E-state index in [1.165, 1.54) is 0 Å². The van der Waals surface area contributed by atoms with Crippen molar-refractivity contribution in [2.45, 2.75) is 6.92 Å². The highest BCUT2D eigenvalue weighted by Gasteiger charge is 2.11. The standard InChI is InChI=1S/C14H16BrN3O2/c1-8-10(16)7-17-14(13(8)15)18-11-6-9(19-2)4-5-12(11)20-3/h4-7H,16H2,1-3H3,(H,17,18). The largest absolute Gasteiger partial charge is 0.497 e. The SMILES string of the molecule is COc1ccc(OC)c(Nc2ncc(N)c(C)c2Br)c1. The molecular formula is C14H16BrN3O2. The number of anilines is 3. The van der Waals surface area contributed by atoms with Crippen molar-refractivity contribution in [3.05, 3.63) is 34.4 Å². The van der Waals surface area contributed by atoms with Gasteiger partial charge in [-0.2, -0.15) is 0 Å². The summed E-state index contributed by atoms with van der Waals surface area (Å²) in [5, 5.41) is 3.22. The molecule has 0 saturated heterocycles. The normalized spacial score (nSPS) is 10.2. The maximum atomic E-state index is 5.82. The predicted molar refractivity (Wildman–Crippen MR) is 83.9 cm³/mol. The first-order valence-electron chi connectivity index (χ1n) is 5.96. The molecule has 0 amide bonds. The van der Waals surface area contributed by atoms with Crippen molar-refractivity contribution in [1.82, 2.24) is 4.98 Å². The molecule has 2 aromatic rings. The van der Waals surface area contributed by atoms with E-state index in [1.54, 1.807) is 20.4 Å². The third-order valence-corrected chi connectivity index (χ3v) is 3.93. The van der Waals surface area contributed by atoms with E-state index in [0.717, 1.165) is 21.5 Å². The molecule has 5 nitrogen and oxygen atoms in total. The number of halogens is 1. The summed E-state index contributed by atoms with van der Waals surface area (Å²) in [6, 6.07) is 5.51. The lowest BCUT2D eigenvalue weighted by Crippen LogP contribution is -2.01. The van der Waals surface area contributed by atoms with Crippen molar-refractivity contribution >= 4 is 33.1 Å². The molecule has 1 heterocycles. The molecule has 0 bridgehead atoms. The minimum absolute atomic E-state index is 0.639. The summed E-state index contributed by atoms with van der Waals surface area (Å²) >= 11 is 3.49. The molecule has 20 heavy (non-hydrogen) atoms. The summed E-state index contributed by atoms with van der Waals surface area (Å²) < 4.78 is 11.4. The molecule has 0 atom stereocenters. The molecule has 3 N–H and O–H groups in total. The van der Waals surface area contributed by atoms with Crippen molar-refractivity contribution < 1.29 is 9.47 Å². The van der Waals surface area contributed by atoms with Gasteiger partial charge in [-0.15, -0.1) is 0 Å². The third kappa shape index (κ3) is 2.80. The highest BCUT2D eigenvalue weighted by atomic mass is 79.9. The van der Waals surface area contributed by atoms with E-state index in [4.69, 9.17) is 15.2 Å². The topological polar surface area (TPSA) is 69.4 Å². The zero-order valence-electron chi connectivity index (χ0n) is 11.5. The molecule has 0 aliphatic rings. The Bertz CT molecular complexity index is 632. The maximum absolute atomic E-state index is 5.82. The van der Waals surface area contributed by atoms with E-state index < -0.39 is 0 Å². The lowest BCUT2D eigenvalue weighted by atomic mass is 10.2. The molecule has 0 saturated carbocycles.